The number of nitro benzene ring substituents is 1. The molecule has 1 N–H and O–H groups in total. The molecule has 0 aliphatic heterocycles. The predicted molar refractivity (Wildman–Crippen MR) is 68.2 cm³/mol. The zero-order valence-corrected chi connectivity index (χ0v) is 10.3. The van der Waals surface area contributed by atoms with E-state index in [1.54, 1.807) is 26.0 Å². The zero-order valence-electron chi connectivity index (χ0n) is 10.3. The summed E-state index contributed by atoms with van der Waals surface area (Å²) in [6.45, 7) is 3.41. The lowest BCUT2D eigenvalue weighted by Crippen LogP contribution is -2.33. The fourth-order valence-electron chi connectivity index (χ4n) is 1.62. The van der Waals surface area contributed by atoms with E-state index in [4.69, 9.17) is 6.42 Å². The van der Waals surface area contributed by atoms with E-state index in [0.717, 1.165) is 0 Å². The number of nitrogens with zero attached hydrogens (tertiary/aromatic N) is 1. The number of amides is 1. The second-order valence-corrected chi connectivity index (χ2v) is 4.01. The van der Waals surface area contributed by atoms with Gasteiger partial charge in [0.1, 0.15) is 5.56 Å². The highest BCUT2D eigenvalue weighted by molar-refractivity contribution is 5.99. The van der Waals surface area contributed by atoms with Crippen LogP contribution in [0.5, 0.6) is 0 Å². The molecule has 0 spiro atoms. The Morgan fingerprint density at radius 3 is 2.83 bits per heavy atom. The Morgan fingerprint density at radius 1 is 1.61 bits per heavy atom. The Morgan fingerprint density at radius 2 is 2.28 bits per heavy atom. The van der Waals surface area contributed by atoms with Gasteiger partial charge < -0.3 is 5.32 Å². The van der Waals surface area contributed by atoms with Crippen LogP contribution in [0.25, 0.3) is 0 Å². The molecule has 1 unspecified atom stereocenters. The smallest absolute Gasteiger partial charge is 0.282 e. The van der Waals surface area contributed by atoms with E-state index in [1.165, 1.54) is 6.07 Å². The number of terminal acetylenes is 1. The molecular weight excluding hydrogens is 232 g/mol. The molecule has 0 heterocycles. The molecular formula is C13H14N2O3. The van der Waals surface area contributed by atoms with Gasteiger partial charge in [-0.2, -0.15) is 0 Å². The van der Waals surface area contributed by atoms with E-state index >= 15 is 0 Å². The van der Waals surface area contributed by atoms with E-state index in [0.29, 0.717) is 12.0 Å². The highest BCUT2D eigenvalue weighted by atomic mass is 16.6. The third-order valence-electron chi connectivity index (χ3n) is 2.48. The predicted octanol–water partition coefficient (Wildman–Crippen LogP) is 2.04. The van der Waals surface area contributed by atoms with Gasteiger partial charge in [0, 0.05) is 18.5 Å². The number of hydrogen-bond donors (Lipinski definition) is 1. The summed E-state index contributed by atoms with van der Waals surface area (Å²) in [5, 5.41) is 13.5. The van der Waals surface area contributed by atoms with Crippen LogP contribution in [0.15, 0.2) is 18.2 Å². The molecule has 0 aliphatic rings. The van der Waals surface area contributed by atoms with Crippen LogP contribution >= 0.6 is 0 Å². The van der Waals surface area contributed by atoms with Gasteiger partial charge in [0.2, 0.25) is 0 Å². The third kappa shape index (κ3) is 3.08. The number of aryl methyl sites for hydroxylation is 1. The molecule has 0 radical (unpaired) electrons. The largest absolute Gasteiger partial charge is 0.348 e. The van der Waals surface area contributed by atoms with Crippen molar-refractivity contribution in [1.29, 1.82) is 0 Å². The van der Waals surface area contributed by atoms with Crippen molar-refractivity contribution in [3.63, 3.8) is 0 Å². The molecule has 1 aromatic rings. The fraction of sp³-hybridized carbons (Fsp3) is 0.308. The molecule has 0 aliphatic carbocycles. The van der Waals surface area contributed by atoms with Gasteiger partial charge in [0.05, 0.1) is 4.92 Å². The maximum absolute atomic E-state index is 12.0. The summed E-state index contributed by atoms with van der Waals surface area (Å²) < 4.78 is 0. The molecule has 5 nitrogen and oxygen atoms in total. The van der Waals surface area contributed by atoms with Crippen LogP contribution in [0.2, 0.25) is 0 Å². The van der Waals surface area contributed by atoms with Gasteiger partial charge in [-0.15, -0.1) is 12.3 Å². The average Bonchev–Trinajstić information content (AvgIpc) is 2.28. The Kier molecular flexibility index (Phi) is 4.44. The summed E-state index contributed by atoms with van der Waals surface area (Å²) in [7, 11) is 0. The molecule has 1 aromatic carbocycles. The van der Waals surface area contributed by atoms with Gasteiger partial charge in [-0.25, -0.2) is 0 Å². The van der Waals surface area contributed by atoms with Gasteiger partial charge >= 0.3 is 0 Å². The van der Waals surface area contributed by atoms with Crippen LogP contribution in [-0.4, -0.2) is 16.9 Å². The molecule has 94 valence electrons. The fourth-order valence-corrected chi connectivity index (χ4v) is 1.62. The standard InChI is InChI=1S/C13H14N2O3/c1-4-6-10(3)14-13(16)12-9(2)7-5-8-11(12)15(17)18/h1,5,7-8,10H,6H2,2-3H3,(H,14,16). The average molecular weight is 246 g/mol. The lowest BCUT2D eigenvalue weighted by Gasteiger charge is -2.12. The number of benzene rings is 1. The van der Waals surface area contributed by atoms with Crippen LogP contribution in [-0.2, 0) is 0 Å². The summed E-state index contributed by atoms with van der Waals surface area (Å²) in [6.07, 6.45) is 5.52. The van der Waals surface area contributed by atoms with Gasteiger partial charge in [-0.3, -0.25) is 14.9 Å². The Hall–Kier alpha value is -2.35. The quantitative estimate of drug-likeness (QED) is 0.502. The molecule has 5 heteroatoms. The van der Waals surface area contributed by atoms with Crippen molar-refractivity contribution in [3.05, 3.63) is 39.4 Å². The molecule has 0 fully saturated rings. The maximum atomic E-state index is 12.0. The van der Waals surface area contributed by atoms with E-state index in [-0.39, 0.29) is 17.3 Å². The molecule has 1 rings (SSSR count). The van der Waals surface area contributed by atoms with Crippen LogP contribution in [0.4, 0.5) is 5.69 Å². The molecule has 0 saturated heterocycles. The molecule has 18 heavy (non-hydrogen) atoms. The summed E-state index contributed by atoms with van der Waals surface area (Å²) in [4.78, 5) is 22.3. The first-order valence-electron chi connectivity index (χ1n) is 5.45. The van der Waals surface area contributed by atoms with Crippen LogP contribution < -0.4 is 5.32 Å². The van der Waals surface area contributed by atoms with Crippen molar-refractivity contribution in [2.45, 2.75) is 26.3 Å². The Bertz CT molecular complexity index is 517. The van der Waals surface area contributed by atoms with Crippen molar-refractivity contribution >= 4 is 11.6 Å². The van der Waals surface area contributed by atoms with Crippen LogP contribution in [0.3, 0.4) is 0 Å². The van der Waals surface area contributed by atoms with Gasteiger partial charge in [0.25, 0.3) is 11.6 Å². The molecule has 0 aromatic heterocycles. The second kappa shape index (κ2) is 5.82. The topological polar surface area (TPSA) is 72.2 Å². The van der Waals surface area contributed by atoms with E-state index < -0.39 is 10.8 Å². The number of nitrogens with one attached hydrogen (secondary N) is 1. The number of carbonyl (C=O) groups is 1. The van der Waals surface area contributed by atoms with E-state index in [1.807, 2.05) is 0 Å². The Balaban J connectivity index is 3.06. The van der Waals surface area contributed by atoms with Crippen LogP contribution in [0, 0.1) is 29.4 Å². The number of carbonyl (C=O) groups excluding carboxylic acids is 1. The monoisotopic (exact) mass is 246 g/mol. The number of nitro groups is 1. The maximum Gasteiger partial charge on any atom is 0.282 e. The van der Waals surface area contributed by atoms with Crippen LogP contribution in [0.1, 0.15) is 29.3 Å². The first-order chi connectivity index (χ1) is 8.47. The molecule has 0 bridgehead atoms. The SMILES string of the molecule is C#CCC(C)NC(=O)c1c(C)cccc1[N+](=O)[O-]. The van der Waals surface area contributed by atoms with Crippen molar-refractivity contribution in [2.24, 2.45) is 0 Å². The molecule has 1 atom stereocenters. The normalized spacial score (nSPS) is 11.4. The summed E-state index contributed by atoms with van der Waals surface area (Å²) >= 11 is 0. The minimum Gasteiger partial charge on any atom is -0.348 e. The van der Waals surface area contributed by atoms with Crippen molar-refractivity contribution in [3.8, 4) is 12.3 Å². The van der Waals surface area contributed by atoms with Gasteiger partial charge in [-0.1, -0.05) is 12.1 Å². The molecule has 1 amide bonds. The van der Waals surface area contributed by atoms with Crippen molar-refractivity contribution in [2.75, 3.05) is 0 Å². The van der Waals surface area contributed by atoms with E-state index in [2.05, 4.69) is 11.2 Å². The van der Waals surface area contributed by atoms with Crippen molar-refractivity contribution in [1.82, 2.24) is 5.32 Å². The highest BCUT2D eigenvalue weighted by Gasteiger charge is 2.22. The summed E-state index contributed by atoms with van der Waals surface area (Å²) in [6, 6.07) is 4.30. The number of rotatable bonds is 4. The lowest BCUT2D eigenvalue weighted by atomic mass is 10.1. The highest BCUT2D eigenvalue weighted by Crippen LogP contribution is 2.21. The van der Waals surface area contributed by atoms with Gasteiger partial charge in [0.15, 0.2) is 0 Å². The minimum absolute atomic E-state index is 0.0892. The first kappa shape index (κ1) is 13.7. The second-order valence-electron chi connectivity index (χ2n) is 4.01. The molecule has 0 saturated carbocycles. The van der Waals surface area contributed by atoms with E-state index in [9.17, 15) is 14.9 Å². The van der Waals surface area contributed by atoms with Crippen molar-refractivity contribution < 1.29 is 9.72 Å². The number of hydrogen-bond acceptors (Lipinski definition) is 3. The first-order valence-corrected chi connectivity index (χ1v) is 5.45. The zero-order chi connectivity index (χ0) is 13.7. The van der Waals surface area contributed by atoms with Gasteiger partial charge in [-0.05, 0) is 19.4 Å². The minimum atomic E-state index is -0.562. The third-order valence-corrected chi connectivity index (χ3v) is 2.48. The Labute approximate surface area is 105 Å². The lowest BCUT2D eigenvalue weighted by molar-refractivity contribution is -0.385. The summed E-state index contributed by atoms with van der Waals surface area (Å²) in [5.41, 5.74) is 0.460. The summed E-state index contributed by atoms with van der Waals surface area (Å²) in [5.74, 6) is 1.96.